The average molecular weight is 496 g/mol. The Morgan fingerprint density at radius 3 is 2.78 bits per heavy atom. The van der Waals surface area contributed by atoms with Gasteiger partial charge in [0.05, 0.1) is 13.1 Å². The number of benzene rings is 1. The summed E-state index contributed by atoms with van der Waals surface area (Å²) < 4.78 is 37.6. The molecule has 1 aromatic carbocycles. The Morgan fingerprint density at radius 1 is 1.26 bits per heavy atom. The van der Waals surface area contributed by atoms with E-state index in [9.17, 15) is 13.2 Å². The van der Waals surface area contributed by atoms with Crippen LogP contribution in [0.2, 0.25) is 0 Å². The quantitative estimate of drug-likeness (QED) is 0.373. The number of hydrogen-bond donors (Lipinski definition) is 2. The molecule has 2 aliphatic rings. The van der Waals surface area contributed by atoms with Crippen LogP contribution in [0.1, 0.15) is 36.5 Å². The van der Waals surface area contributed by atoms with E-state index in [1.807, 2.05) is 6.92 Å². The molecule has 1 aliphatic heterocycles. The summed E-state index contributed by atoms with van der Waals surface area (Å²) in [5, 5.41) is 6.48. The molecule has 4 nitrogen and oxygen atoms in total. The standard InChI is InChI=1S/C19H27F3N4.HI/c1-2-23-18(25-17-8-9-26(12-17)13-19(20,21)22)24-11-14-6-7-15-4-3-5-16(15)10-14;/h6-7,10,17H,2-5,8-9,11-13H2,1H3,(H2,23,24,25);1H. The van der Waals surface area contributed by atoms with E-state index >= 15 is 0 Å². The van der Waals surface area contributed by atoms with E-state index in [4.69, 9.17) is 0 Å². The Bertz CT molecular complexity index is 648. The molecule has 152 valence electrons. The molecule has 0 saturated carbocycles. The summed E-state index contributed by atoms with van der Waals surface area (Å²) in [6.07, 6.45) is 0.0875. The Hall–Kier alpha value is -1.03. The van der Waals surface area contributed by atoms with Gasteiger partial charge in [0.15, 0.2) is 5.96 Å². The summed E-state index contributed by atoms with van der Waals surface area (Å²) in [6.45, 7) is 3.28. The first-order valence-corrected chi connectivity index (χ1v) is 9.37. The topological polar surface area (TPSA) is 39.7 Å². The number of guanidine groups is 1. The zero-order chi connectivity index (χ0) is 18.6. The largest absolute Gasteiger partial charge is 0.401 e. The lowest BCUT2D eigenvalue weighted by molar-refractivity contribution is -0.143. The predicted octanol–water partition coefficient (Wildman–Crippen LogP) is 3.49. The first-order chi connectivity index (χ1) is 12.4. The lowest BCUT2D eigenvalue weighted by Gasteiger charge is -2.19. The number of aliphatic imine (C=N–C) groups is 1. The molecule has 0 radical (unpaired) electrons. The van der Waals surface area contributed by atoms with Crippen LogP contribution in [0.15, 0.2) is 23.2 Å². The lowest BCUT2D eigenvalue weighted by Crippen LogP contribution is -2.45. The third-order valence-corrected chi connectivity index (χ3v) is 4.94. The van der Waals surface area contributed by atoms with Crippen molar-refractivity contribution >= 4 is 29.9 Å². The van der Waals surface area contributed by atoms with Crippen molar-refractivity contribution in [1.82, 2.24) is 15.5 Å². The van der Waals surface area contributed by atoms with Crippen molar-refractivity contribution < 1.29 is 13.2 Å². The van der Waals surface area contributed by atoms with Crippen molar-refractivity contribution in [3.8, 4) is 0 Å². The SMILES string of the molecule is CCNC(=NCc1ccc2c(c1)CCC2)NC1CCN(CC(F)(F)F)C1.I. The minimum absolute atomic E-state index is 0. The number of aryl methyl sites for hydroxylation is 2. The summed E-state index contributed by atoms with van der Waals surface area (Å²) in [6, 6.07) is 6.54. The van der Waals surface area contributed by atoms with Gasteiger partial charge in [-0.25, -0.2) is 4.99 Å². The van der Waals surface area contributed by atoms with Crippen LogP contribution in [0.25, 0.3) is 0 Å². The van der Waals surface area contributed by atoms with E-state index in [0.717, 1.165) is 13.0 Å². The molecule has 0 aromatic heterocycles. The van der Waals surface area contributed by atoms with Crippen molar-refractivity contribution in [2.75, 3.05) is 26.2 Å². The van der Waals surface area contributed by atoms with E-state index in [0.29, 0.717) is 32.0 Å². The third-order valence-electron chi connectivity index (χ3n) is 4.94. The van der Waals surface area contributed by atoms with Gasteiger partial charge < -0.3 is 10.6 Å². The monoisotopic (exact) mass is 496 g/mol. The molecule has 0 spiro atoms. The van der Waals surface area contributed by atoms with Gasteiger partial charge in [-0.3, -0.25) is 4.90 Å². The second kappa shape index (κ2) is 9.95. The Labute approximate surface area is 176 Å². The maximum absolute atomic E-state index is 12.5. The number of rotatable bonds is 5. The van der Waals surface area contributed by atoms with Crippen LogP contribution in [0.4, 0.5) is 13.2 Å². The maximum Gasteiger partial charge on any atom is 0.401 e. The summed E-state index contributed by atoms with van der Waals surface area (Å²) >= 11 is 0. The Balaban J connectivity index is 0.00000261. The molecule has 1 unspecified atom stereocenters. The second-order valence-corrected chi connectivity index (χ2v) is 7.13. The smallest absolute Gasteiger partial charge is 0.357 e. The number of alkyl halides is 3. The van der Waals surface area contributed by atoms with Crippen LogP contribution in [0, 0.1) is 0 Å². The molecule has 1 aromatic rings. The molecule has 3 rings (SSSR count). The number of likely N-dealkylation sites (tertiary alicyclic amines) is 1. The Kier molecular flexibility index (Phi) is 8.20. The highest BCUT2D eigenvalue weighted by molar-refractivity contribution is 14.0. The summed E-state index contributed by atoms with van der Waals surface area (Å²) in [4.78, 5) is 6.07. The molecular weight excluding hydrogens is 468 g/mol. The average Bonchev–Trinajstić information content (AvgIpc) is 3.20. The van der Waals surface area contributed by atoms with Crippen LogP contribution < -0.4 is 10.6 Å². The second-order valence-electron chi connectivity index (χ2n) is 7.13. The minimum Gasteiger partial charge on any atom is -0.357 e. The van der Waals surface area contributed by atoms with Gasteiger partial charge in [0, 0.05) is 25.7 Å². The van der Waals surface area contributed by atoms with Crippen LogP contribution in [-0.4, -0.2) is 49.3 Å². The summed E-state index contributed by atoms with van der Waals surface area (Å²) in [5.41, 5.74) is 4.04. The van der Waals surface area contributed by atoms with E-state index in [1.54, 1.807) is 0 Å². The van der Waals surface area contributed by atoms with Crippen LogP contribution in [0.3, 0.4) is 0 Å². The first kappa shape index (κ1) is 22.3. The zero-order valence-corrected chi connectivity index (χ0v) is 17.9. The lowest BCUT2D eigenvalue weighted by atomic mass is 10.1. The predicted molar refractivity (Wildman–Crippen MR) is 113 cm³/mol. The van der Waals surface area contributed by atoms with E-state index in [-0.39, 0.29) is 30.0 Å². The van der Waals surface area contributed by atoms with Crippen molar-refractivity contribution in [2.24, 2.45) is 4.99 Å². The summed E-state index contributed by atoms with van der Waals surface area (Å²) in [5.74, 6) is 0.673. The van der Waals surface area contributed by atoms with Gasteiger partial charge in [-0.05, 0) is 49.3 Å². The van der Waals surface area contributed by atoms with E-state index < -0.39 is 12.7 Å². The molecule has 1 fully saturated rings. The van der Waals surface area contributed by atoms with Crippen LogP contribution in [-0.2, 0) is 19.4 Å². The highest BCUT2D eigenvalue weighted by atomic mass is 127. The van der Waals surface area contributed by atoms with Crippen molar-refractivity contribution in [3.63, 3.8) is 0 Å². The van der Waals surface area contributed by atoms with Gasteiger partial charge in [-0.2, -0.15) is 13.2 Å². The fourth-order valence-corrected chi connectivity index (χ4v) is 3.75. The number of hydrogen-bond acceptors (Lipinski definition) is 2. The number of nitrogens with zero attached hydrogens (tertiary/aromatic N) is 2. The van der Waals surface area contributed by atoms with Gasteiger partial charge in [-0.15, -0.1) is 24.0 Å². The molecule has 27 heavy (non-hydrogen) atoms. The highest BCUT2D eigenvalue weighted by Crippen LogP contribution is 2.23. The zero-order valence-electron chi connectivity index (χ0n) is 15.6. The van der Waals surface area contributed by atoms with Gasteiger partial charge >= 0.3 is 6.18 Å². The molecule has 1 saturated heterocycles. The van der Waals surface area contributed by atoms with Gasteiger partial charge in [0.25, 0.3) is 0 Å². The molecule has 1 aliphatic carbocycles. The fraction of sp³-hybridized carbons (Fsp3) is 0.632. The molecule has 8 heteroatoms. The molecule has 1 atom stereocenters. The molecule has 0 bridgehead atoms. The van der Waals surface area contributed by atoms with E-state index in [1.165, 1.54) is 34.4 Å². The van der Waals surface area contributed by atoms with Gasteiger partial charge in [-0.1, -0.05) is 18.2 Å². The minimum atomic E-state index is -4.14. The van der Waals surface area contributed by atoms with Crippen molar-refractivity contribution in [3.05, 3.63) is 34.9 Å². The molecule has 1 heterocycles. The maximum atomic E-state index is 12.5. The summed E-state index contributed by atoms with van der Waals surface area (Å²) in [7, 11) is 0. The molecular formula is C19H28F3IN4. The highest BCUT2D eigenvalue weighted by Gasteiger charge is 2.34. The number of fused-ring (bicyclic) bond motifs is 1. The van der Waals surface area contributed by atoms with Crippen LogP contribution >= 0.6 is 24.0 Å². The van der Waals surface area contributed by atoms with Crippen molar-refractivity contribution in [2.45, 2.75) is 51.4 Å². The first-order valence-electron chi connectivity index (χ1n) is 9.37. The molecule has 2 N–H and O–H groups in total. The van der Waals surface area contributed by atoms with Crippen LogP contribution in [0.5, 0.6) is 0 Å². The fourth-order valence-electron chi connectivity index (χ4n) is 3.75. The third kappa shape index (κ3) is 6.81. The van der Waals surface area contributed by atoms with E-state index in [2.05, 4.69) is 33.8 Å². The number of nitrogens with one attached hydrogen (secondary N) is 2. The number of halogens is 4. The Morgan fingerprint density at radius 2 is 2.04 bits per heavy atom. The van der Waals surface area contributed by atoms with Gasteiger partial charge in [0.2, 0.25) is 0 Å². The molecule has 0 amide bonds. The van der Waals surface area contributed by atoms with Crippen molar-refractivity contribution in [1.29, 1.82) is 0 Å². The van der Waals surface area contributed by atoms with Gasteiger partial charge in [0.1, 0.15) is 0 Å². The normalized spacial score (nSPS) is 20.3.